The van der Waals surface area contributed by atoms with Crippen LogP contribution in [-0.2, 0) is 0 Å². The molecule has 74 valence electrons. The van der Waals surface area contributed by atoms with E-state index in [4.69, 9.17) is 0 Å². The SMILES string of the molecule is CC(C)C(C)(C)CNc1ncns1. The normalized spacial score (nSPS) is 12.1. The van der Waals surface area contributed by atoms with Crippen molar-refractivity contribution in [1.82, 2.24) is 9.36 Å². The molecule has 0 bridgehead atoms. The van der Waals surface area contributed by atoms with Crippen LogP contribution in [0.5, 0.6) is 0 Å². The van der Waals surface area contributed by atoms with Crippen LogP contribution in [0.15, 0.2) is 6.33 Å². The first-order valence-corrected chi connectivity index (χ1v) is 5.30. The molecule has 13 heavy (non-hydrogen) atoms. The van der Waals surface area contributed by atoms with Crippen LogP contribution >= 0.6 is 11.5 Å². The zero-order valence-electron chi connectivity index (χ0n) is 8.66. The predicted octanol–water partition coefficient (Wildman–Crippen LogP) is 2.63. The van der Waals surface area contributed by atoms with Crippen molar-refractivity contribution in [3.63, 3.8) is 0 Å². The Bertz CT molecular complexity index is 241. The molecule has 0 aliphatic heterocycles. The summed E-state index contributed by atoms with van der Waals surface area (Å²) in [5.74, 6) is 0.660. The molecular formula is C9H17N3S. The molecule has 0 fully saturated rings. The van der Waals surface area contributed by atoms with Gasteiger partial charge in [0.25, 0.3) is 0 Å². The standard InChI is InChI=1S/C9H17N3S/c1-7(2)9(3,4)5-10-8-11-6-12-13-8/h6-7H,5H2,1-4H3,(H,10,11,12). The summed E-state index contributed by atoms with van der Waals surface area (Å²) in [5, 5.41) is 4.20. The van der Waals surface area contributed by atoms with Crippen LogP contribution in [-0.4, -0.2) is 15.9 Å². The third-order valence-electron chi connectivity index (χ3n) is 2.62. The van der Waals surface area contributed by atoms with Crippen LogP contribution < -0.4 is 5.32 Å². The maximum Gasteiger partial charge on any atom is 0.202 e. The number of nitrogens with one attached hydrogen (secondary N) is 1. The minimum atomic E-state index is 0.297. The second kappa shape index (κ2) is 4.05. The molecule has 0 aliphatic carbocycles. The lowest BCUT2D eigenvalue weighted by atomic mass is 9.81. The van der Waals surface area contributed by atoms with Crippen LogP contribution in [0.3, 0.4) is 0 Å². The Kier molecular flexibility index (Phi) is 3.25. The fraction of sp³-hybridized carbons (Fsp3) is 0.778. The highest BCUT2D eigenvalue weighted by Gasteiger charge is 2.22. The second-order valence-electron chi connectivity index (χ2n) is 4.24. The summed E-state index contributed by atoms with van der Waals surface area (Å²) in [6, 6.07) is 0. The highest BCUT2D eigenvalue weighted by atomic mass is 32.1. The monoisotopic (exact) mass is 199 g/mol. The van der Waals surface area contributed by atoms with Gasteiger partial charge in [0.05, 0.1) is 0 Å². The van der Waals surface area contributed by atoms with E-state index < -0.39 is 0 Å². The number of hydrogen-bond acceptors (Lipinski definition) is 4. The van der Waals surface area contributed by atoms with Gasteiger partial charge in [-0.25, -0.2) is 4.98 Å². The van der Waals surface area contributed by atoms with E-state index in [0.29, 0.717) is 11.3 Å². The summed E-state index contributed by atoms with van der Waals surface area (Å²) in [5.41, 5.74) is 0.297. The molecule has 0 amide bonds. The van der Waals surface area contributed by atoms with Crippen molar-refractivity contribution in [1.29, 1.82) is 0 Å². The van der Waals surface area contributed by atoms with Gasteiger partial charge in [0.2, 0.25) is 5.13 Å². The Balaban J connectivity index is 2.42. The summed E-state index contributed by atoms with van der Waals surface area (Å²) < 4.78 is 3.94. The fourth-order valence-electron chi connectivity index (χ4n) is 0.759. The lowest BCUT2D eigenvalue weighted by Crippen LogP contribution is -2.28. The Morgan fingerprint density at radius 1 is 1.54 bits per heavy atom. The van der Waals surface area contributed by atoms with Crippen molar-refractivity contribution in [2.24, 2.45) is 11.3 Å². The van der Waals surface area contributed by atoms with E-state index in [9.17, 15) is 0 Å². The maximum atomic E-state index is 4.07. The van der Waals surface area contributed by atoms with Crippen LogP contribution in [0.2, 0.25) is 0 Å². The summed E-state index contributed by atoms with van der Waals surface area (Å²) >= 11 is 1.40. The maximum absolute atomic E-state index is 4.07. The van der Waals surface area contributed by atoms with E-state index >= 15 is 0 Å². The molecule has 1 aromatic rings. The van der Waals surface area contributed by atoms with E-state index in [1.54, 1.807) is 6.33 Å². The molecule has 4 heteroatoms. The van der Waals surface area contributed by atoms with Gasteiger partial charge in [0.15, 0.2) is 0 Å². The van der Waals surface area contributed by atoms with Crippen molar-refractivity contribution < 1.29 is 0 Å². The van der Waals surface area contributed by atoms with Crippen LogP contribution in [0.1, 0.15) is 27.7 Å². The molecule has 0 saturated carbocycles. The molecule has 0 aliphatic rings. The Morgan fingerprint density at radius 3 is 2.69 bits per heavy atom. The van der Waals surface area contributed by atoms with Crippen LogP contribution in [0.4, 0.5) is 5.13 Å². The smallest absolute Gasteiger partial charge is 0.202 e. The highest BCUT2D eigenvalue weighted by molar-refractivity contribution is 7.09. The summed E-state index contributed by atoms with van der Waals surface area (Å²) in [6.45, 7) is 9.93. The molecular weight excluding hydrogens is 182 g/mol. The number of aromatic nitrogens is 2. The first-order chi connectivity index (χ1) is 6.02. The third-order valence-corrected chi connectivity index (χ3v) is 3.24. The van der Waals surface area contributed by atoms with Crippen molar-refractivity contribution in [2.45, 2.75) is 27.7 Å². The summed E-state index contributed by atoms with van der Waals surface area (Å²) in [6.07, 6.45) is 1.58. The molecule has 1 rings (SSSR count). The van der Waals surface area contributed by atoms with Crippen molar-refractivity contribution >= 4 is 16.7 Å². The zero-order valence-corrected chi connectivity index (χ0v) is 9.48. The average molecular weight is 199 g/mol. The largest absolute Gasteiger partial charge is 0.360 e. The van der Waals surface area contributed by atoms with Crippen molar-refractivity contribution in [3.8, 4) is 0 Å². The van der Waals surface area contributed by atoms with E-state index in [-0.39, 0.29) is 0 Å². The second-order valence-corrected chi connectivity index (χ2v) is 5.02. The van der Waals surface area contributed by atoms with E-state index in [2.05, 4.69) is 42.4 Å². The molecule has 0 saturated heterocycles. The lowest BCUT2D eigenvalue weighted by Gasteiger charge is -2.29. The highest BCUT2D eigenvalue weighted by Crippen LogP contribution is 2.26. The molecule has 0 unspecified atom stereocenters. The first kappa shape index (κ1) is 10.4. The molecule has 0 atom stereocenters. The van der Waals surface area contributed by atoms with Gasteiger partial charge in [-0.2, -0.15) is 4.37 Å². The third kappa shape index (κ3) is 2.95. The number of rotatable bonds is 4. The molecule has 0 radical (unpaired) electrons. The minimum absolute atomic E-state index is 0.297. The predicted molar refractivity (Wildman–Crippen MR) is 57.0 cm³/mol. The average Bonchev–Trinajstić information content (AvgIpc) is 2.52. The molecule has 0 aromatic carbocycles. The quantitative estimate of drug-likeness (QED) is 0.810. The molecule has 3 nitrogen and oxygen atoms in total. The van der Waals surface area contributed by atoms with Gasteiger partial charge in [-0.15, -0.1) is 0 Å². The van der Waals surface area contributed by atoms with Gasteiger partial charge in [-0.1, -0.05) is 27.7 Å². The fourth-order valence-corrected chi connectivity index (χ4v) is 1.18. The van der Waals surface area contributed by atoms with Gasteiger partial charge in [0.1, 0.15) is 6.33 Å². The van der Waals surface area contributed by atoms with Gasteiger partial charge in [0, 0.05) is 18.1 Å². The van der Waals surface area contributed by atoms with E-state index in [0.717, 1.165) is 11.7 Å². The minimum Gasteiger partial charge on any atom is -0.360 e. The molecule has 1 N–H and O–H groups in total. The Hall–Kier alpha value is -0.640. The Labute approximate surface area is 83.8 Å². The van der Waals surface area contributed by atoms with Gasteiger partial charge < -0.3 is 5.32 Å². The van der Waals surface area contributed by atoms with Crippen LogP contribution in [0, 0.1) is 11.3 Å². The van der Waals surface area contributed by atoms with Crippen molar-refractivity contribution in [2.75, 3.05) is 11.9 Å². The Morgan fingerprint density at radius 2 is 2.23 bits per heavy atom. The summed E-state index contributed by atoms with van der Waals surface area (Å²) in [7, 11) is 0. The van der Waals surface area contributed by atoms with E-state index in [1.165, 1.54) is 11.5 Å². The molecule has 0 spiro atoms. The number of hydrogen-bond donors (Lipinski definition) is 1. The number of anilines is 1. The zero-order chi connectivity index (χ0) is 9.90. The first-order valence-electron chi connectivity index (χ1n) is 4.53. The number of nitrogens with zero attached hydrogens (tertiary/aromatic N) is 2. The molecule has 1 aromatic heterocycles. The van der Waals surface area contributed by atoms with Gasteiger partial charge >= 0.3 is 0 Å². The summed E-state index contributed by atoms with van der Waals surface area (Å²) in [4.78, 5) is 4.07. The molecule has 1 heterocycles. The lowest BCUT2D eigenvalue weighted by molar-refractivity contribution is 0.269. The van der Waals surface area contributed by atoms with Gasteiger partial charge in [-0.3, -0.25) is 0 Å². The van der Waals surface area contributed by atoms with Crippen molar-refractivity contribution in [3.05, 3.63) is 6.33 Å². The topological polar surface area (TPSA) is 37.8 Å². The van der Waals surface area contributed by atoms with Crippen LogP contribution in [0.25, 0.3) is 0 Å². The van der Waals surface area contributed by atoms with Gasteiger partial charge in [-0.05, 0) is 11.3 Å². The van der Waals surface area contributed by atoms with E-state index in [1.807, 2.05) is 0 Å².